The zero-order valence-corrected chi connectivity index (χ0v) is 8.00. The monoisotopic (exact) mass is 198 g/mol. The second-order valence-corrected chi connectivity index (χ2v) is 3.26. The molecule has 4 heteroatoms. The van der Waals surface area contributed by atoms with Gasteiger partial charge in [0.15, 0.2) is 0 Å². The molecule has 0 aliphatic carbocycles. The smallest absolute Gasteiger partial charge is 0.338 e. The molecule has 1 aromatic heterocycles. The fourth-order valence-electron chi connectivity index (χ4n) is 0.834. The highest BCUT2D eigenvalue weighted by molar-refractivity contribution is 7.11. The lowest BCUT2D eigenvalue weighted by molar-refractivity contribution is 0.0601. The molecule has 1 aromatic rings. The van der Waals surface area contributed by atoms with Gasteiger partial charge in [0.25, 0.3) is 0 Å². The first kappa shape index (κ1) is 9.95. The number of aliphatic hydroxyl groups is 1. The summed E-state index contributed by atoms with van der Waals surface area (Å²) in [7, 11) is 1.35. The molecule has 0 unspecified atom stereocenters. The van der Waals surface area contributed by atoms with E-state index in [1.54, 1.807) is 23.6 Å². The summed E-state index contributed by atoms with van der Waals surface area (Å²) in [6, 6.07) is 1.72. The van der Waals surface area contributed by atoms with Crippen LogP contribution in [-0.2, 0) is 4.74 Å². The predicted molar refractivity (Wildman–Crippen MR) is 51.8 cm³/mol. The number of esters is 1. The van der Waals surface area contributed by atoms with Crippen LogP contribution in [0.15, 0.2) is 17.5 Å². The Labute approximate surface area is 80.3 Å². The minimum Gasteiger partial charge on any atom is -0.465 e. The molecule has 70 valence electrons. The average Bonchev–Trinajstić information content (AvgIpc) is 2.62. The largest absolute Gasteiger partial charge is 0.465 e. The molecule has 0 saturated heterocycles. The summed E-state index contributed by atoms with van der Waals surface area (Å²) in [5, 5.41) is 10.2. The van der Waals surface area contributed by atoms with Crippen molar-refractivity contribution < 1.29 is 14.6 Å². The first-order valence-electron chi connectivity index (χ1n) is 3.72. The maximum Gasteiger partial charge on any atom is 0.338 e. The number of hydrogen-bond acceptors (Lipinski definition) is 4. The lowest BCUT2D eigenvalue weighted by atomic mass is 10.3. The van der Waals surface area contributed by atoms with Gasteiger partial charge >= 0.3 is 5.97 Å². The van der Waals surface area contributed by atoms with Crippen molar-refractivity contribution in [2.24, 2.45) is 0 Å². The van der Waals surface area contributed by atoms with E-state index < -0.39 is 0 Å². The molecule has 3 nitrogen and oxygen atoms in total. The van der Waals surface area contributed by atoms with Gasteiger partial charge < -0.3 is 9.84 Å². The van der Waals surface area contributed by atoms with Gasteiger partial charge in [-0.3, -0.25) is 0 Å². The van der Waals surface area contributed by atoms with Gasteiger partial charge in [0.1, 0.15) is 0 Å². The molecular weight excluding hydrogens is 188 g/mol. The third kappa shape index (κ3) is 2.68. The molecular formula is C9H10O3S. The van der Waals surface area contributed by atoms with E-state index in [-0.39, 0.29) is 12.6 Å². The Morgan fingerprint density at radius 2 is 2.54 bits per heavy atom. The molecule has 0 aliphatic heterocycles. The second kappa shape index (κ2) is 4.79. The molecule has 0 bridgehead atoms. The zero-order valence-electron chi connectivity index (χ0n) is 7.19. The first-order chi connectivity index (χ1) is 6.27. The molecule has 0 aliphatic rings. The molecule has 13 heavy (non-hydrogen) atoms. The van der Waals surface area contributed by atoms with Crippen LogP contribution in [0.25, 0.3) is 6.08 Å². The Balaban J connectivity index is 2.74. The topological polar surface area (TPSA) is 46.5 Å². The van der Waals surface area contributed by atoms with Crippen molar-refractivity contribution in [2.45, 2.75) is 0 Å². The molecule has 1 N–H and O–H groups in total. The lowest BCUT2D eigenvalue weighted by Crippen LogP contribution is -1.97. The molecule has 0 aromatic carbocycles. The van der Waals surface area contributed by atoms with Crippen LogP contribution in [0, 0.1) is 0 Å². The number of aliphatic hydroxyl groups excluding tert-OH is 1. The fourth-order valence-corrected chi connectivity index (χ4v) is 1.63. The number of rotatable bonds is 3. The maximum absolute atomic E-state index is 11.0. The van der Waals surface area contributed by atoms with Gasteiger partial charge in [-0.05, 0) is 12.1 Å². The fraction of sp³-hybridized carbons (Fsp3) is 0.222. The summed E-state index contributed by atoms with van der Waals surface area (Å²) in [6.45, 7) is 0.00541. The molecule has 0 atom stereocenters. The molecule has 0 saturated carbocycles. The van der Waals surface area contributed by atoms with Gasteiger partial charge in [-0.15, -0.1) is 11.3 Å². The van der Waals surface area contributed by atoms with E-state index >= 15 is 0 Å². The van der Waals surface area contributed by atoms with Crippen LogP contribution in [0.4, 0.5) is 0 Å². The van der Waals surface area contributed by atoms with Gasteiger partial charge in [-0.25, -0.2) is 4.79 Å². The van der Waals surface area contributed by atoms with E-state index in [9.17, 15) is 4.79 Å². The lowest BCUT2D eigenvalue weighted by Gasteiger charge is -1.91. The summed E-state index contributed by atoms with van der Waals surface area (Å²) in [5.41, 5.74) is 0.546. The SMILES string of the molecule is COC(=O)c1csc(C=CCO)c1. The predicted octanol–water partition coefficient (Wildman–Crippen LogP) is 1.54. The highest BCUT2D eigenvalue weighted by Crippen LogP contribution is 2.16. The summed E-state index contributed by atoms with van der Waals surface area (Å²) >= 11 is 1.43. The molecule has 1 heterocycles. The Morgan fingerprint density at radius 3 is 3.15 bits per heavy atom. The summed E-state index contributed by atoms with van der Waals surface area (Å²) in [4.78, 5) is 11.9. The number of carbonyl (C=O) groups is 1. The number of ether oxygens (including phenoxy) is 1. The maximum atomic E-state index is 11.0. The molecule has 0 radical (unpaired) electrons. The van der Waals surface area contributed by atoms with Crippen molar-refractivity contribution >= 4 is 23.4 Å². The third-order valence-corrected chi connectivity index (χ3v) is 2.33. The quantitative estimate of drug-likeness (QED) is 0.749. The van der Waals surface area contributed by atoms with Crippen molar-refractivity contribution in [3.05, 3.63) is 28.0 Å². The first-order valence-corrected chi connectivity index (χ1v) is 4.60. The Bertz CT molecular complexity index is 314. The Morgan fingerprint density at radius 1 is 1.77 bits per heavy atom. The van der Waals surface area contributed by atoms with Crippen molar-refractivity contribution in [3.8, 4) is 0 Å². The van der Waals surface area contributed by atoms with Crippen molar-refractivity contribution in [1.29, 1.82) is 0 Å². The number of thiophene rings is 1. The number of carbonyl (C=O) groups excluding carboxylic acids is 1. The molecule has 0 spiro atoms. The second-order valence-electron chi connectivity index (χ2n) is 2.31. The van der Waals surface area contributed by atoms with Crippen molar-refractivity contribution in [1.82, 2.24) is 0 Å². The highest BCUT2D eigenvalue weighted by atomic mass is 32.1. The summed E-state index contributed by atoms with van der Waals surface area (Å²) in [5.74, 6) is -0.333. The zero-order chi connectivity index (χ0) is 9.68. The van der Waals surface area contributed by atoms with E-state index in [2.05, 4.69) is 4.74 Å². The molecule has 0 amide bonds. The standard InChI is InChI=1S/C9H10O3S/c1-12-9(11)7-5-8(13-6-7)3-2-4-10/h2-3,5-6,10H,4H2,1H3. The van der Waals surface area contributed by atoms with Crippen LogP contribution < -0.4 is 0 Å². The minimum atomic E-state index is -0.333. The van der Waals surface area contributed by atoms with E-state index in [1.807, 2.05) is 0 Å². The van der Waals surface area contributed by atoms with E-state index in [0.29, 0.717) is 5.56 Å². The minimum absolute atomic E-state index is 0.00541. The van der Waals surface area contributed by atoms with Crippen LogP contribution in [0.1, 0.15) is 15.2 Å². The van der Waals surface area contributed by atoms with Crippen LogP contribution >= 0.6 is 11.3 Å². The van der Waals surface area contributed by atoms with Crippen LogP contribution in [0.5, 0.6) is 0 Å². The van der Waals surface area contributed by atoms with E-state index in [0.717, 1.165) is 4.88 Å². The third-order valence-electron chi connectivity index (χ3n) is 1.43. The van der Waals surface area contributed by atoms with Crippen LogP contribution in [0.3, 0.4) is 0 Å². The van der Waals surface area contributed by atoms with Crippen LogP contribution in [-0.4, -0.2) is 24.8 Å². The van der Waals surface area contributed by atoms with Gasteiger partial charge in [0.05, 0.1) is 19.3 Å². The van der Waals surface area contributed by atoms with Gasteiger partial charge in [0.2, 0.25) is 0 Å². The summed E-state index contributed by atoms with van der Waals surface area (Å²) in [6.07, 6.45) is 3.38. The Kier molecular flexibility index (Phi) is 3.67. The summed E-state index contributed by atoms with van der Waals surface area (Å²) < 4.78 is 4.55. The highest BCUT2D eigenvalue weighted by Gasteiger charge is 2.06. The van der Waals surface area contributed by atoms with Gasteiger partial charge in [0, 0.05) is 10.3 Å². The molecule has 1 rings (SSSR count). The van der Waals surface area contributed by atoms with E-state index in [4.69, 9.17) is 5.11 Å². The Hall–Kier alpha value is -1.13. The van der Waals surface area contributed by atoms with Gasteiger partial charge in [-0.1, -0.05) is 6.08 Å². The van der Waals surface area contributed by atoms with Crippen molar-refractivity contribution in [2.75, 3.05) is 13.7 Å². The normalized spacial score (nSPS) is 10.6. The van der Waals surface area contributed by atoms with Gasteiger partial charge in [-0.2, -0.15) is 0 Å². The number of hydrogen-bond donors (Lipinski definition) is 1. The average molecular weight is 198 g/mol. The van der Waals surface area contributed by atoms with Crippen molar-refractivity contribution in [3.63, 3.8) is 0 Å². The number of methoxy groups -OCH3 is 1. The molecule has 0 fully saturated rings. The van der Waals surface area contributed by atoms with Crippen LogP contribution in [0.2, 0.25) is 0 Å². The van der Waals surface area contributed by atoms with E-state index in [1.165, 1.54) is 18.4 Å².